The van der Waals surface area contributed by atoms with Gasteiger partial charge < -0.3 is 0 Å². The Morgan fingerprint density at radius 2 is 1.28 bits per heavy atom. The van der Waals surface area contributed by atoms with Crippen LogP contribution in [0.4, 0.5) is 0 Å². The second-order valence-electron chi connectivity index (χ2n) is 7.60. The SMILES string of the molecule is CCC(CC)(c1cc(C)cc(C)c1C)c1cc(C)cc(C)c1C(C)=O. The molecule has 0 bridgehead atoms. The molecular weight excluding hydrogens is 304 g/mol. The average molecular weight is 337 g/mol. The summed E-state index contributed by atoms with van der Waals surface area (Å²) in [6, 6.07) is 8.96. The number of hydrogen-bond acceptors (Lipinski definition) is 1. The lowest BCUT2D eigenvalue weighted by Crippen LogP contribution is -2.30. The fourth-order valence-electron chi connectivity index (χ4n) is 4.51. The van der Waals surface area contributed by atoms with E-state index in [0.717, 1.165) is 24.0 Å². The van der Waals surface area contributed by atoms with Gasteiger partial charge in [0.15, 0.2) is 5.78 Å². The Kier molecular flexibility index (Phi) is 5.56. The van der Waals surface area contributed by atoms with Gasteiger partial charge in [0.1, 0.15) is 0 Å². The van der Waals surface area contributed by atoms with Crippen LogP contribution in [0, 0.1) is 34.6 Å². The Labute approximate surface area is 153 Å². The number of Topliss-reactive ketones (excluding diaryl/α,β-unsaturated/α-hetero) is 1. The quantitative estimate of drug-likeness (QED) is 0.567. The van der Waals surface area contributed by atoms with Crippen molar-refractivity contribution in [2.24, 2.45) is 0 Å². The zero-order valence-corrected chi connectivity index (χ0v) is 17.1. The van der Waals surface area contributed by atoms with E-state index in [1.807, 2.05) is 0 Å². The molecule has 2 rings (SSSR count). The van der Waals surface area contributed by atoms with Gasteiger partial charge in [-0.05, 0) is 82.2 Å². The first-order chi connectivity index (χ1) is 11.7. The summed E-state index contributed by atoms with van der Waals surface area (Å²) >= 11 is 0. The van der Waals surface area contributed by atoms with Gasteiger partial charge in [-0.3, -0.25) is 4.79 Å². The molecule has 0 saturated heterocycles. The summed E-state index contributed by atoms with van der Waals surface area (Å²) in [5.74, 6) is 0.167. The molecule has 0 unspecified atom stereocenters. The number of aryl methyl sites for hydroxylation is 4. The second-order valence-corrected chi connectivity index (χ2v) is 7.60. The van der Waals surface area contributed by atoms with Crippen molar-refractivity contribution < 1.29 is 4.79 Å². The van der Waals surface area contributed by atoms with Crippen molar-refractivity contribution in [2.45, 2.75) is 73.6 Å². The molecule has 0 aromatic heterocycles. The van der Waals surface area contributed by atoms with Gasteiger partial charge in [-0.2, -0.15) is 0 Å². The van der Waals surface area contributed by atoms with Crippen LogP contribution in [0.25, 0.3) is 0 Å². The summed E-state index contributed by atoms with van der Waals surface area (Å²) < 4.78 is 0. The van der Waals surface area contributed by atoms with E-state index >= 15 is 0 Å². The summed E-state index contributed by atoms with van der Waals surface area (Å²) in [7, 11) is 0. The minimum atomic E-state index is -0.126. The highest BCUT2D eigenvalue weighted by molar-refractivity contribution is 5.97. The van der Waals surface area contributed by atoms with Crippen molar-refractivity contribution in [3.8, 4) is 0 Å². The number of hydrogen-bond donors (Lipinski definition) is 0. The van der Waals surface area contributed by atoms with E-state index in [1.54, 1.807) is 6.92 Å². The lowest BCUT2D eigenvalue weighted by atomic mass is 9.66. The lowest BCUT2D eigenvalue weighted by Gasteiger charge is -2.37. The molecule has 0 amide bonds. The molecule has 0 N–H and O–H groups in total. The van der Waals surface area contributed by atoms with Gasteiger partial charge in [-0.1, -0.05) is 49.2 Å². The van der Waals surface area contributed by atoms with E-state index < -0.39 is 0 Å². The molecule has 2 aromatic carbocycles. The van der Waals surface area contributed by atoms with Crippen molar-refractivity contribution in [2.75, 3.05) is 0 Å². The van der Waals surface area contributed by atoms with Crippen LogP contribution in [0.1, 0.15) is 82.9 Å². The van der Waals surface area contributed by atoms with E-state index in [-0.39, 0.29) is 11.2 Å². The standard InChI is InChI=1S/C24H32O/c1-9-24(10-2,21-13-15(3)11-17(5)19(21)7)22-14-16(4)12-18(6)23(22)20(8)25/h11-14H,9-10H2,1-8H3. The van der Waals surface area contributed by atoms with Crippen molar-refractivity contribution in [1.29, 1.82) is 0 Å². The summed E-state index contributed by atoms with van der Waals surface area (Å²) in [6.45, 7) is 17.0. The second kappa shape index (κ2) is 7.15. The summed E-state index contributed by atoms with van der Waals surface area (Å²) in [5.41, 5.74) is 9.65. The Bertz CT molecular complexity index is 807. The van der Waals surface area contributed by atoms with Gasteiger partial charge in [-0.25, -0.2) is 0 Å². The third kappa shape index (κ3) is 3.29. The van der Waals surface area contributed by atoms with Crippen molar-refractivity contribution in [1.82, 2.24) is 0 Å². The summed E-state index contributed by atoms with van der Waals surface area (Å²) in [6.07, 6.45) is 1.97. The normalized spacial score (nSPS) is 11.7. The van der Waals surface area contributed by atoms with Gasteiger partial charge in [0, 0.05) is 11.0 Å². The third-order valence-corrected chi connectivity index (χ3v) is 5.88. The predicted octanol–water partition coefficient (Wildman–Crippen LogP) is 6.54. The maximum atomic E-state index is 12.5. The van der Waals surface area contributed by atoms with Crippen LogP contribution >= 0.6 is 0 Å². The van der Waals surface area contributed by atoms with Gasteiger partial charge in [0.2, 0.25) is 0 Å². The highest BCUT2D eigenvalue weighted by atomic mass is 16.1. The molecule has 0 aliphatic carbocycles. The maximum absolute atomic E-state index is 12.5. The molecule has 1 heteroatoms. The van der Waals surface area contributed by atoms with Crippen LogP contribution in [0.2, 0.25) is 0 Å². The molecule has 134 valence electrons. The van der Waals surface area contributed by atoms with Crippen LogP contribution in [-0.2, 0) is 5.41 Å². The summed E-state index contributed by atoms with van der Waals surface area (Å²) in [5, 5.41) is 0. The van der Waals surface area contributed by atoms with E-state index in [9.17, 15) is 4.79 Å². The average Bonchev–Trinajstić information content (AvgIpc) is 2.52. The van der Waals surface area contributed by atoms with E-state index in [1.165, 1.54) is 33.4 Å². The maximum Gasteiger partial charge on any atom is 0.160 e. The summed E-state index contributed by atoms with van der Waals surface area (Å²) in [4.78, 5) is 12.5. The van der Waals surface area contributed by atoms with Crippen molar-refractivity contribution in [3.63, 3.8) is 0 Å². The lowest BCUT2D eigenvalue weighted by molar-refractivity contribution is 0.101. The number of rotatable bonds is 5. The Morgan fingerprint density at radius 1 is 0.800 bits per heavy atom. The number of carbonyl (C=O) groups is 1. The molecule has 0 aliphatic rings. The zero-order chi connectivity index (χ0) is 18.9. The molecule has 0 atom stereocenters. The fourth-order valence-corrected chi connectivity index (χ4v) is 4.51. The molecule has 0 saturated carbocycles. The van der Waals surface area contributed by atoms with Crippen molar-refractivity contribution >= 4 is 5.78 Å². The van der Waals surface area contributed by atoms with Gasteiger partial charge in [0.05, 0.1) is 0 Å². The minimum Gasteiger partial charge on any atom is -0.294 e. The van der Waals surface area contributed by atoms with Crippen LogP contribution < -0.4 is 0 Å². The third-order valence-electron chi connectivity index (χ3n) is 5.88. The first-order valence-corrected chi connectivity index (χ1v) is 9.38. The molecule has 0 aliphatic heterocycles. The Balaban J connectivity index is 2.95. The highest BCUT2D eigenvalue weighted by Gasteiger charge is 2.36. The van der Waals surface area contributed by atoms with E-state index in [0.29, 0.717) is 0 Å². The Hall–Kier alpha value is -1.89. The molecule has 0 spiro atoms. The van der Waals surface area contributed by atoms with Gasteiger partial charge in [0.25, 0.3) is 0 Å². The van der Waals surface area contributed by atoms with Gasteiger partial charge in [-0.15, -0.1) is 0 Å². The predicted molar refractivity (Wildman–Crippen MR) is 108 cm³/mol. The first-order valence-electron chi connectivity index (χ1n) is 9.38. The minimum absolute atomic E-state index is 0.126. The monoisotopic (exact) mass is 336 g/mol. The largest absolute Gasteiger partial charge is 0.294 e. The number of ketones is 1. The molecule has 0 radical (unpaired) electrons. The van der Waals surface area contributed by atoms with Crippen LogP contribution in [0.3, 0.4) is 0 Å². The molecular formula is C24H32O. The van der Waals surface area contributed by atoms with E-state index in [4.69, 9.17) is 0 Å². The van der Waals surface area contributed by atoms with Gasteiger partial charge >= 0.3 is 0 Å². The van der Waals surface area contributed by atoms with E-state index in [2.05, 4.69) is 72.7 Å². The molecule has 1 nitrogen and oxygen atoms in total. The molecule has 0 fully saturated rings. The molecule has 0 heterocycles. The first kappa shape index (κ1) is 19.4. The number of benzene rings is 2. The van der Waals surface area contributed by atoms with Crippen LogP contribution in [0.15, 0.2) is 24.3 Å². The smallest absolute Gasteiger partial charge is 0.160 e. The molecule has 25 heavy (non-hydrogen) atoms. The highest BCUT2D eigenvalue weighted by Crippen LogP contribution is 2.44. The zero-order valence-electron chi connectivity index (χ0n) is 17.1. The molecule has 2 aromatic rings. The fraction of sp³-hybridized carbons (Fsp3) is 0.458. The van der Waals surface area contributed by atoms with Crippen molar-refractivity contribution in [3.05, 3.63) is 68.8 Å². The van der Waals surface area contributed by atoms with Crippen LogP contribution in [-0.4, -0.2) is 5.78 Å². The Morgan fingerprint density at radius 3 is 1.76 bits per heavy atom. The number of carbonyl (C=O) groups excluding carboxylic acids is 1. The van der Waals surface area contributed by atoms with Crippen LogP contribution in [0.5, 0.6) is 0 Å². The topological polar surface area (TPSA) is 17.1 Å².